The number of hydrogen-bond acceptors (Lipinski definition) is 3. The number of para-hydroxylation sites is 1. The topological polar surface area (TPSA) is 52.7 Å². The molecule has 1 heterocycles. The van der Waals surface area contributed by atoms with Gasteiger partial charge in [0.25, 0.3) is 11.8 Å². The number of hydrogen-bond donors (Lipinski definition) is 1. The first-order valence-electron chi connectivity index (χ1n) is 11.7. The first kappa shape index (κ1) is 22.6. The summed E-state index contributed by atoms with van der Waals surface area (Å²) in [4.78, 5) is 30.1. The molecule has 0 atom stereocenters. The highest BCUT2D eigenvalue weighted by atomic mass is 16.2. The van der Waals surface area contributed by atoms with E-state index in [0.717, 1.165) is 42.7 Å². The number of rotatable bonds is 7. The SMILES string of the molecule is CCN(Cc1ccccc1)C(=O)c1ccccc1N1CCC(NC(=O)c2ccccc2)CC1. The molecule has 0 spiro atoms. The standard InChI is InChI=1S/C28H31N3O2/c1-2-30(21-22-11-5-3-6-12-22)28(33)25-15-9-10-16-26(25)31-19-17-24(18-20-31)29-27(32)23-13-7-4-8-14-23/h3-16,24H,2,17-21H2,1H3,(H,29,32). The van der Waals surface area contributed by atoms with Crippen LogP contribution in [-0.4, -0.2) is 42.4 Å². The summed E-state index contributed by atoms with van der Waals surface area (Å²) in [6.45, 7) is 4.86. The molecule has 5 heteroatoms. The van der Waals surface area contributed by atoms with E-state index in [1.807, 2.05) is 84.6 Å². The summed E-state index contributed by atoms with van der Waals surface area (Å²) >= 11 is 0. The second kappa shape index (κ2) is 10.8. The number of benzene rings is 3. The van der Waals surface area contributed by atoms with Crippen molar-refractivity contribution in [3.63, 3.8) is 0 Å². The van der Waals surface area contributed by atoms with Gasteiger partial charge < -0.3 is 15.1 Å². The van der Waals surface area contributed by atoms with E-state index in [0.29, 0.717) is 18.7 Å². The van der Waals surface area contributed by atoms with E-state index in [9.17, 15) is 9.59 Å². The molecule has 0 bridgehead atoms. The van der Waals surface area contributed by atoms with Crippen LogP contribution in [0.25, 0.3) is 0 Å². The molecular formula is C28H31N3O2. The number of nitrogens with zero attached hydrogens (tertiary/aromatic N) is 2. The lowest BCUT2D eigenvalue weighted by molar-refractivity contribution is 0.0753. The van der Waals surface area contributed by atoms with Gasteiger partial charge in [-0.1, -0.05) is 60.7 Å². The fourth-order valence-electron chi connectivity index (χ4n) is 4.35. The molecule has 0 aliphatic carbocycles. The molecule has 5 nitrogen and oxygen atoms in total. The Bertz CT molecular complexity index is 1060. The van der Waals surface area contributed by atoms with Gasteiger partial charge in [-0.05, 0) is 49.6 Å². The van der Waals surface area contributed by atoms with Crippen molar-refractivity contribution >= 4 is 17.5 Å². The molecule has 1 fully saturated rings. The monoisotopic (exact) mass is 441 g/mol. The van der Waals surface area contributed by atoms with Crippen molar-refractivity contribution in [1.82, 2.24) is 10.2 Å². The maximum absolute atomic E-state index is 13.5. The van der Waals surface area contributed by atoms with Crippen LogP contribution in [0, 0.1) is 0 Å². The zero-order valence-corrected chi connectivity index (χ0v) is 19.1. The molecule has 3 aromatic rings. The van der Waals surface area contributed by atoms with E-state index in [1.54, 1.807) is 0 Å². The average Bonchev–Trinajstić information content (AvgIpc) is 2.88. The number of anilines is 1. The number of nitrogens with one attached hydrogen (secondary N) is 1. The van der Waals surface area contributed by atoms with Crippen LogP contribution in [0.1, 0.15) is 46.0 Å². The summed E-state index contributed by atoms with van der Waals surface area (Å²) in [5, 5.41) is 3.16. The Morgan fingerprint density at radius 3 is 2.15 bits per heavy atom. The zero-order valence-electron chi connectivity index (χ0n) is 19.1. The molecule has 2 amide bonds. The lowest BCUT2D eigenvalue weighted by Gasteiger charge is -2.35. The lowest BCUT2D eigenvalue weighted by Crippen LogP contribution is -2.45. The van der Waals surface area contributed by atoms with Crippen LogP contribution in [0.15, 0.2) is 84.9 Å². The Balaban J connectivity index is 1.41. The Morgan fingerprint density at radius 2 is 1.48 bits per heavy atom. The maximum Gasteiger partial charge on any atom is 0.256 e. The molecule has 4 rings (SSSR count). The predicted molar refractivity (Wildman–Crippen MR) is 132 cm³/mol. The third kappa shape index (κ3) is 5.61. The van der Waals surface area contributed by atoms with Crippen molar-refractivity contribution in [2.75, 3.05) is 24.5 Å². The maximum atomic E-state index is 13.5. The van der Waals surface area contributed by atoms with Gasteiger partial charge in [-0.25, -0.2) is 0 Å². The van der Waals surface area contributed by atoms with Crippen molar-refractivity contribution in [1.29, 1.82) is 0 Å². The number of amides is 2. The summed E-state index contributed by atoms with van der Waals surface area (Å²) in [6.07, 6.45) is 1.70. The highest BCUT2D eigenvalue weighted by molar-refractivity contribution is 6.00. The zero-order chi connectivity index (χ0) is 23.0. The van der Waals surface area contributed by atoms with Crippen molar-refractivity contribution < 1.29 is 9.59 Å². The average molecular weight is 442 g/mol. The smallest absolute Gasteiger partial charge is 0.256 e. The van der Waals surface area contributed by atoms with Crippen LogP contribution in [-0.2, 0) is 6.54 Å². The van der Waals surface area contributed by atoms with Crippen LogP contribution >= 0.6 is 0 Å². The molecule has 0 saturated carbocycles. The first-order valence-corrected chi connectivity index (χ1v) is 11.7. The molecule has 3 aromatic carbocycles. The number of carbonyl (C=O) groups is 2. The summed E-state index contributed by atoms with van der Waals surface area (Å²) in [6, 6.07) is 27.5. The molecule has 0 aromatic heterocycles. The van der Waals surface area contributed by atoms with E-state index >= 15 is 0 Å². The molecule has 1 N–H and O–H groups in total. The fraction of sp³-hybridized carbons (Fsp3) is 0.286. The third-order valence-corrected chi connectivity index (χ3v) is 6.23. The molecule has 1 aliphatic heterocycles. The Labute approximate surface area is 196 Å². The van der Waals surface area contributed by atoms with E-state index < -0.39 is 0 Å². The van der Waals surface area contributed by atoms with E-state index in [1.165, 1.54) is 0 Å². The van der Waals surface area contributed by atoms with Gasteiger partial charge in [-0.3, -0.25) is 9.59 Å². The fourth-order valence-corrected chi connectivity index (χ4v) is 4.35. The molecule has 33 heavy (non-hydrogen) atoms. The lowest BCUT2D eigenvalue weighted by atomic mass is 10.0. The molecule has 170 valence electrons. The van der Waals surface area contributed by atoms with Gasteiger partial charge in [0.2, 0.25) is 0 Å². The largest absolute Gasteiger partial charge is 0.371 e. The van der Waals surface area contributed by atoms with Crippen molar-refractivity contribution in [2.45, 2.75) is 32.4 Å². The number of carbonyl (C=O) groups excluding carboxylic acids is 2. The van der Waals surface area contributed by atoms with Crippen LogP contribution in [0.2, 0.25) is 0 Å². The van der Waals surface area contributed by atoms with E-state index in [4.69, 9.17) is 0 Å². The van der Waals surface area contributed by atoms with Gasteiger partial charge in [-0.2, -0.15) is 0 Å². The van der Waals surface area contributed by atoms with Crippen molar-refractivity contribution in [3.8, 4) is 0 Å². The van der Waals surface area contributed by atoms with Crippen LogP contribution < -0.4 is 10.2 Å². The Kier molecular flexibility index (Phi) is 7.40. The Hall–Kier alpha value is -3.60. The normalized spacial score (nSPS) is 14.0. The second-order valence-electron chi connectivity index (χ2n) is 8.42. The minimum atomic E-state index is -0.0240. The molecule has 0 radical (unpaired) electrons. The first-order chi connectivity index (χ1) is 16.2. The van der Waals surface area contributed by atoms with Crippen LogP contribution in [0.5, 0.6) is 0 Å². The molecule has 1 saturated heterocycles. The summed E-state index contributed by atoms with van der Waals surface area (Å²) in [5.74, 6) is 0.0283. The minimum Gasteiger partial charge on any atom is -0.371 e. The van der Waals surface area contributed by atoms with Gasteiger partial charge in [0.05, 0.1) is 5.56 Å². The quantitative estimate of drug-likeness (QED) is 0.576. The molecular weight excluding hydrogens is 410 g/mol. The Morgan fingerprint density at radius 1 is 0.879 bits per heavy atom. The predicted octanol–water partition coefficient (Wildman–Crippen LogP) is 4.75. The highest BCUT2D eigenvalue weighted by Gasteiger charge is 2.25. The number of piperidine rings is 1. The second-order valence-corrected chi connectivity index (χ2v) is 8.42. The van der Waals surface area contributed by atoms with E-state index in [-0.39, 0.29) is 17.9 Å². The van der Waals surface area contributed by atoms with E-state index in [2.05, 4.69) is 22.3 Å². The highest BCUT2D eigenvalue weighted by Crippen LogP contribution is 2.26. The van der Waals surface area contributed by atoms with Gasteiger partial charge in [0, 0.05) is 43.5 Å². The van der Waals surface area contributed by atoms with Crippen molar-refractivity contribution in [2.24, 2.45) is 0 Å². The van der Waals surface area contributed by atoms with Crippen molar-refractivity contribution in [3.05, 3.63) is 102 Å². The summed E-state index contributed by atoms with van der Waals surface area (Å²) in [5.41, 5.74) is 3.53. The van der Waals surface area contributed by atoms with Crippen LogP contribution in [0.4, 0.5) is 5.69 Å². The molecule has 1 aliphatic rings. The third-order valence-electron chi connectivity index (χ3n) is 6.23. The van der Waals surface area contributed by atoms with Gasteiger partial charge in [-0.15, -0.1) is 0 Å². The van der Waals surface area contributed by atoms with Gasteiger partial charge in [0.15, 0.2) is 0 Å². The summed E-state index contributed by atoms with van der Waals surface area (Å²) < 4.78 is 0. The minimum absolute atomic E-state index is 0.0240. The summed E-state index contributed by atoms with van der Waals surface area (Å²) in [7, 11) is 0. The van der Waals surface area contributed by atoms with Gasteiger partial charge in [0.1, 0.15) is 0 Å². The molecule has 0 unspecified atom stereocenters. The van der Waals surface area contributed by atoms with Gasteiger partial charge >= 0.3 is 0 Å². The van der Waals surface area contributed by atoms with Crippen LogP contribution in [0.3, 0.4) is 0 Å².